The van der Waals surface area contributed by atoms with Gasteiger partial charge in [0.05, 0.1) is 17.3 Å². The van der Waals surface area contributed by atoms with E-state index in [2.05, 4.69) is 20.3 Å². The van der Waals surface area contributed by atoms with Crippen molar-refractivity contribution in [3.63, 3.8) is 0 Å². The first-order valence-corrected chi connectivity index (χ1v) is 11.6. The summed E-state index contributed by atoms with van der Waals surface area (Å²) in [5.41, 5.74) is 10.9. The van der Waals surface area contributed by atoms with Crippen molar-refractivity contribution in [3.05, 3.63) is 101 Å². The summed E-state index contributed by atoms with van der Waals surface area (Å²) in [6.45, 7) is 3.85. The highest BCUT2D eigenvalue weighted by molar-refractivity contribution is 5.90. The summed E-state index contributed by atoms with van der Waals surface area (Å²) in [6, 6.07) is 19.1. The molecule has 4 heterocycles. The Kier molecular flexibility index (Phi) is 5.03. The molecule has 4 aromatic heterocycles. The van der Waals surface area contributed by atoms with Gasteiger partial charge in [-0.25, -0.2) is 14.5 Å². The second-order valence-corrected chi connectivity index (χ2v) is 8.75. The number of anilines is 2. The van der Waals surface area contributed by atoms with E-state index in [4.69, 9.17) is 10.8 Å². The summed E-state index contributed by atoms with van der Waals surface area (Å²) in [5, 5.41) is 9.37. The van der Waals surface area contributed by atoms with Crippen LogP contribution in [0.1, 0.15) is 24.4 Å². The van der Waals surface area contributed by atoms with Crippen LogP contribution in [0.4, 0.5) is 11.6 Å². The number of nitrogens with two attached hydrogens (primary N) is 1. The maximum Gasteiger partial charge on any atom is 0.282 e. The first kappa shape index (κ1) is 21.6. The van der Waals surface area contributed by atoms with E-state index in [0.717, 1.165) is 27.7 Å². The first-order valence-electron chi connectivity index (χ1n) is 11.6. The van der Waals surface area contributed by atoms with Crippen molar-refractivity contribution in [2.45, 2.75) is 19.9 Å². The van der Waals surface area contributed by atoms with E-state index in [-0.39, 0.29) is 5.56 Å². The molecule has 9 nitrogen and oxygen atoms in total. The summed E-state index contributed by atoms with van der Waals surface area (Å²) in [6.07, 6.45) is 5.13. The van der Waals surface area contributed by atoms with Crippen LogP contribution in [0.25, 0.3) is 33.2 Å². The van der Waals surface area contributed by atoms with Crippen molar-refractivity contribution in [1.29, 1.82) is 0 Å². The molecule has 0 aliphatic rings. The molecule has 0 aliphatic heterocycles. The number of nitrogens with one attached hydrogen (secondary N) is 2. The van der Waals surface area contributed by atoms with E-state index in [1.807, 2.05) is 80.7 Å². The monoisotopic (exact) mass is 476 g/mol. The van der Waals surface area contributed by atoms with Crippen molar-refractivity contribution in [2.24, 2.45) is 0 Å². The standard InChI is InChI=1S/C27H24N8O/c1-16-11-13-34-23(16)27(36)35(20-6-4-3-5-7-20)26(33-34)17(2)32-25-22(24(28)30-15-31-25)19-9-8-18-10-12-29-21(18)14-19/h3-15,17,29H,1-2H3,(H3,28,30,31,32). The van der Waals surface area contributed by atoms with Gasteiger partial charge in [0.15, 0.2) is 5.82 Å². The molecule has 36 heavy (non-hydrogen) atoms. The fourth-order valence-electron chi connectivity index (χ4n) is 4.60. The highest BCUT2D eigenvalue weighted by Crippen LogP contribution is 2.34. The number of benzene rings is 2. The number of nitrogens with zero attached hydrogens (tertiary/aromatic N) is 5. The zero-order chi connectivity index (χ0) is 24.8. The Bertz CT molecular complexity index is 1780. The van der Waals surface area contributed by atoms with Crippen molar-refractivity contribution >= 4 is 28.1 Å². The minimum atomic E-state index is -0.396. The Hall–Kier alpha value is -4.92. The van der Waals surface area contributed by atoms with Crippen LogP contribution < -0.4 is 16.6 Å². The summed E-state index contributed by atoms with van der Waals surface area (Å²) >= 11 is 0. The zero-order valence-corrected chi connectivity index (χ0v) is 19.8. The van der Waals surface area contributed by atoms with Gasteiger partial charge >= 0.3 is 0 Å². The van der Waals surface area contributed by atoms with Gasteiger partial charge in [-0.2, -0.15) is 5.10 Å². The van der Waals surface area contributed by atoms with E-state index in [9.17, 15) is 4.79 Å². The molecular formula is C27H24N8O. The molecule has 0 amide bonds. The molecule has 1 unspecified atom stereocenters. The third-order valence-corrected chi connectivity index (χ3v) is 6.39. The van der Waals surface area contributed by atoms with Gasteiger partial charge in [0.25, 0.3) is 5.56 Å². The van der Waals surface area contributed by atoms with Gasteiger partial charge in [-0.3, -0.25) is 9.36 Å². The molecule has 6 aromatic rings. The summed E-state index contributed by atoms with van der Waals surface area (Å²) in [7, 11) is 0. The zero-order valence-electron chi connectivity index (χ0n) is 19.8. The predicted molar refractivity (Wildman–Crippen MR) is 141 cm³/mol. The van der Waals surface area contributed by atoms with Gasteiger partial charge in [-0.15, -0.1) is 0 Å². The topological polar surface area (TPSA) is 119 Å². The molecule has 0 radical (unpaired) electrons. The molecule has 0 spiro atoms. The van der Waals surface area contributed by atoms with E-state index >= 15 is 0 Å². The molecule has 0 saturated heterocycles. The minimum absolute atomic E-state index is 0.137. The molecule has 6 rings (SSSR count). The van der Waals surface area contributed by atoms with Gasteiger partial charge in [0.2, 0.25) is 0 Å². The lowest BCUT2D eigenvalue weighted by molar-refractivity contribution is 0.672. The number of nitrogen functional groups attached to an aromatic ring is 1. The summed E-state index contributed by atoms with van der Waals surface area (Å²) in [5.74, 6) is 1.45. The number of aryl methyl sites for hydroxylation is 1. The molecule has 0 bridgehead atoms. The average Bonchev–Trinajstić information content (AvgIpc) is 3.50. The third kappa shape index (κ3) is 3.49. The van der Waals surface area contributed by atoms with Crippen LogP contribution in [0.15, 0.2) is 84.2 Å². The van der Waals surface area contributed by atoms with E-state index in [1.165, 1.54) is 6.33 Å². The Labute approximate surface area is 206 Å². The first-order chi connectivity index (χ1) is 17.5. The molecule has 1 atom stereocenters. The molecule has 2 aromatic carbocycles. The third-order valence-electron chi connectivity index (χ3n) is 6.39. The van der Waals surface area contributed by atoms with Crippen LogP contribution in [-0.4, -0.2) is 29.1 Å². The number of rotatable bonds is 5. The summed E-state index contributed by atoms with van der Waals surface area (Å²) in [4.78, 5) is 25.6. The van der Waals surface area contributed by atoms with E-state index in [0.29, 0.717) is 28.5 Å². The quantitative estimate of drug-likeness (QED) is 0.337. The van der Waals surface area contributed by atoms with Crippen molar-refractivity contribution in [3.8, 4) is 16.8 Å². The van der Waals surface area contributed by atoms with Gasteiger partial charge in [-0.05, 0) is 60.7 Å². The molecule has 4 N–H and O–H groups in total. The maximum absolute atomic E-state index is 13.7. The Morgan fingerprint density at radius 3 is 2.72 bits per heavy atom. The molecule has 0 aliphatic carbocycles. The van der Waals surface area contributed by atoms with Gasteiger partial charge in [-0.1, -0.05) is 30.3 Å². The molecule has 0 saturated carbocycles. The number of H-pyrrole nitrogens is 1. The van der Waals surface area contributed by atoms with Crippen LogP contribution >= 0.6 is 0 Å². The minimum Gasteiger partial charge on any atom is -0.383 e. The number of para-hydroxylation sites is 1. The van der Waals surface area contributed by atoms with Crippen molar-refractivity contribution in [2.75, 3.05) is 11.1 Å². The number of aromatic amines is 1. The normalized spacial score (nSPS) is 12.3. The highest BCUT2D eigenvalue weighted by Gasteiger charge is 2.22. The highest BCUT2D eigenvalue weighted by atomic mass is 16.1. The second-order valence-electron chi connectivity index (χ2n) is 8.75. The van der Waals surface area contributed by atoms with Crippen LogP contribution in [0, 0.1) is 6.92 Å². The molecule has 178 valence electrons. The van der Waals surface area contributed by atoms with Crippen LogP contribution in [-0.2, 0) is 0 Å². The Morgan fingerprint density at radius 1 is 1.06 bits per heavy atom. The SMILES string of the molecule is Cc1ccn2nc(C(C)Nc3ncnc(N)c3-c3ccc4cc[nH]c4c3)n(-c3ccccc3)c(=O)c12. The van der Waals surface area contributed by atoms with E-state index < -0.39 is 6.04 Å². The molecular weight excluding hydrogens is 452 g/mol. The van der Waals surface area contributed by atoms with E-state index in [1.54, 1.807) is 15.3 Å². The second kappa shape index (κ2) is 8.38. The number of hydrogen-bond donors (Lipinski definition) is 3. The van der Waals surface area contributed by atoms with Crippen LogP contribution in [0.3, 0.4) is 0 Å². The lowest BCUT2D eigenvalue weighted by Crippen LogP contribution is -2.29. The molecule has 9 heteroatoms. The van der Waals surface area contributed by atoms with Crippen LogP contribution in [0.2, 0.25) is 0 Å². The van der Waals surface area contributed by atoms with Gasteiger partial charge in [0, 0.05) is 17.9 Å². The predicted octanol–water partition coefficient (Wildman–Crippen LogP) is 4.49. The number of hydrogen-bond acceptors (Lipinski definition) is 6. The maximum atomic E-state index is 13.7. The fourth-order valence-corrected chi connectivity index (χ4v) is 4.60. The Morgan fingerprint density at radius 2 is 1.89 bits per heavy atom. The smallest absolute Gasteiger partial charge is 0.282 e. The fraction of sp³-hybridized carbons (Fsp3) is 0.111. The van der Waals surface area contributed by atoms with Crippen molar-refractivity contribution in [1.82, 2.24) is 29.1 Å². The van der Waals surface area contributed by atoms with Crippen LogP contribution in [0.5, 0.6) is 0 Å². The number of aromatic nitrogens is 6. The lowest BCUT2D eigenvalue weighted by atomic mass is 10.0. The average molecular weight is 477 g/mol. The lowest BCUT2D eigenvalue weighted by Gasteiger charge is -2.21. The van der Waals surface area contributed by atoms with Gasteiger partial charge < -0.3 is 16.0 Å². The summed E-state index contributed by atoms with van der Waals surface area (Å²) < 4.78 is 3.29. The Balaban J connectivity index is 1.49. The van der Waals surface area contributed by atoms with Crippen molar-refractivity contribution < 1.29 is 0 Å². The largest absolute Gasteiger partial charge is 0.383 e. The number of fused-ring (bicyclic) bond motifs is 2. The van der Waals surface area contributed by atoms with Gasteiger partial charge in [0.1, 0.15) is 23.5 Å². The molecule has 0 fully saturated rings.